The van der Waals surface area contributed by atoms with Crippen molar-refractivity contribution in [1.29, 1.82) is 0 Å². The molecule has 6 heteroatoms. The Morgan fingerprint density at radius 1 is 1.30 bits per heavy atom. The molecule has 1 fully saturated rings. The summed E-state index contributed by atoms with van der Waals surface area (Å²) in [5.74, 6) is 1.40. The number of aromatic nitrogens is 4. The van der Waals surface area contributed by atoms with Crippen LogP contribution in [0.25, 0.3) is 0 Å². The quantitative estimate of drug-likeness (QED) is 0.696. The highest BCUT2D eigenvalue weighted by atomic mass is 32.1. The lowest BCUT2D eigenvalue weighted by molar-refractivity contribution is 0.419. The molecular formula is C14H17N5S. The van der Waals surface area contributed by atoms with Crippen molar-refractivity contribution in [2.24, 2.45) is 5.10 Å². The van der Waals surface area contributed by atoms with E-state index in [9.17, 15) is 0 Å². The van der Waals surface area contributed by atoms with E-state index in [0.717, 1.165) is 11.5 Å². The van der Waals surface area contributed by atoms with Crippen LogP contribution < -0.4 is 0 Å². The van der Waals surface area contributed by atoms with Gasteiger partial charge in [0.05, 0.1) is 11.9 Å². The van der Waals surface area contributed by atoms with Gasteiger partial charge in [0.25, 0.3) is 0 Å². The number of hydrogen-bond acceptors (Lipinski definition) is 4. The molecule has 0 aromatic carbocycles. The zero-order chi connectivity index (χ0) is 13.8. The number of rotatable bonds is 3. The van der Waals surface area contributed by atoms with Crippen LogP contribution in [0.4, 0.5) is 0 Å². The molecule has 2 aromatic heterocycles. The molecule has 20 heavy (non-hydrogen) atoms. The van der Waals surface area contributed by atoms with E-state index in [2.05, 4.69) is 20.3 Å². The Bertz CT molecular complexity index is 637. The van der Waals surface area contributed by atoms with Gasteiger partial charge in [-0.15, -0.1) is 0 Å². The van der Waals surface area contributed by atoms with Crippen molar-refractivity contribution >= 4 is 18.4 Å². The fourth-order valence-corrected chi connectivity index (χ4v) is 2.80. The van der Waals surface area contributed by atoms with Gasteiger partial charge in [0.1, 0.15) is 0 Å². The van der Waals surface area contributed by atoms with Gasteiger partial charge in [-0.3, -0.25) is 10.1 Å². The molecule has 0 aliphatic heterocycles. The zero-order valence-electron chi connectivity index (χ0n) is 11.2. The Hall–Kier alpha value is -1.82. The number of nitrogens with one attached hydrogen (secondary N) is 1. The second-order valence-corrected chi connectivity index (χ2v) is 5.42. The maximum Gasteiger partial charge on any atom is 0.216 e. The smallest absolute Gasteiger partial charge is 0.216 e. The van der Waals surface area contributed by atoms with Gasteiger partial charge >= 0.3 is 0 Å². The summed E-state index contributed by atoms with van der Waals surface area (Å²) in [5, 5.41) is 11.7. The molecule has 2 aromatic rings. The minimum absolute atomic E-state index is 0.456. The molecule has 0 unspecified atom stereocenters. The summed E-state index contributed by atoms with van der Waals surface area (Å²) in [6, 6.07) is 5.73. The van der Waals surface area contributed by atoms with E-state index >= 15 is 0 Å². The lowest BCUT2D eigenvalue weighted by atomic mass is 9.89. The summed E-state index contributed by atoms with van der Waals surface area (Å²) in [6.07, 6.45) is 9.63. The molecule has 0 atom stereocenters. The minimum Gasteiger partial charge on any atom is -0.255 e. The van der Waals surface area contributed by atoms with Gasteiger partial charge in [0.15, 0.2) is 5.82 Å². The Kier molecular flexibility index (Phi) is 4.01. The van der Waals surface area contributed by atoms with Gasteiger partial charge in [-0.1, -0.05) is 25.3 Å². The van der Waals surface area contributed by atoms with Crippen LogP contribution in [0.5, 0.6) is 0 Å². The SMILES string of the molecule is S=c1[nH]nc(C2CCCCC2)n1N=Cc1ccccn1. The zero-order valence-corrected chi connectivity index (χ0v) is 12.0. The number of pyridine rings is 1. The van der Waals surface area contributed by atoms with Gasteiger partial charge in [-0.25, -0.2) is 0 Å². The highest BCUT2D eigenvalue weighted by molar-refractivity contribution is 7.71. The maximum atomic E-state index is 5.27. The third-order valence-electron chi connectivity index (χ3n) is 3.64. The predicted octanol–water partition coefficient (Wildman–Crippen LogP) is 3.27. The first kappa shape index (κ1) is 13.2. The number of hydrogen-bond donors (Lipinski definition) is 1. The van der Waals surface area contributed by atoms with Crippen molar-refractivity contribution in [2.75, 3.05) is 0 Å². The molecule has 1 aliphatic rings. The summed E-state index contributed by atoms with van der Waals surface area (Å²) in [4.78, 5) is 4.22. The van der Waals surface area contributed by atoms with Gasteiger partial charge < -0.3 is 0 Å². The van der Waals surface area contributed by atoms with Crippen LogP contribution in [0.15, 0.2) is 29.5 Å². The van der Waals surface area contributed by atoms with Crippen LogP contribution >= 0.6 is 12.2 Å². The van der Waals surface area contributed by atoms with Gasteiger partial charge in [-0.2, -0.15) is 14.9 Å². The Balaban J connectivity index is 1.87. The van der Waals surface area contributed by atoms with Crippen molar-refractivity contribution in [3.05, 3.63) is 40.7 Å². The molecule has 1 N–H and O–H groups in total. The van der Waals surface area contributed by atoms with Crippen LogP contribution in [0, 0.1) is 4.77 Å². The molecule has 2 heterocycles. The van der Waals surface area contributed by atoms with E-state index < -0.39 is 0 Å². The second-order valence-electron chi connectivity index (χ2n) is 5.03. The Morgan fingerprint density at radius 3 is 2.90 bits per heavy atom. The van der Waals surface area contributed by atoms with E-state index in [1.165, 1.54) is 32.1 Å². The third-order valence-corrected chi connectivity index (χ3v) is 3.90. The fourth-order valence-electron chi connectivity index (χ4n) is 2.61. The summed E-state index contributed by atoms with van der Waals surface area (Å²) in [5.41, 5.74) is 0.810. The molecule has 0 amide bonds. The molecule has 1 aliphatic carbocycles. The molecule has 3 rings (SSSR count). The van der Waals surface area contributed by atoms with Crippen LogP contribution in [0.3, 0.4) is 0 Å². The first-order valence-electron chi connectivity index (χ1n) is 6.97. The first-order chi connectivity index (χ1) is 9.84. The van der Waals surface area contributed by atoms with Crippen molar-refractivity contribution in [3.8, 4) is 0 Å². The van der Waals surface area contributed by atoms with Gasteiger partial charge in [-0.05, 0) is 37.2 Å². The first-order valence-corrected chi connectivity index (χ1v) is 7.38. The van der Waals surface area contributed by atoms with E-state index in [-0.39, 0.29) is 0 Å². The normalized spacial score (nSPS) is 16.8. The Labute approximate surface area is 122 Å². The predicted molar refractivity (Wildman–Crippen MR) is 80.5 cm³/mol. The number of aromatic amines is 1. The van der Waals surface area contributed by atoms with Crippen LogP contribution in [-0.4, -0.2) is 26.1 Å². The second kappa shape index (κ2) is 6.09. The monoisotopic (exact) mass is 287 g/mol. The van der Waals surface area contributed by atoms with Gasteiger partial charge in [0, 0.05) is 12.1 Å². The molecule has 0 radical (unpaired) electrons. The molecular weight excluding hydrogens is 270 g/mol. The van der Waals surface area contributed by atoms with Gasteiger partial charge in [0.2, 0.25) is 4.77 Å². The van der Waals surface area contributed by atoms with Crippen LogP contribution in [0.2, 0.25) is 0 Å². The average Bonchev–Trinajstić information content (AvgIpc) is 2.88. The fraction of sp³-hybridized carbons (Fsp3) is 0.429. The van der Waals surface area contributed by atoms with E-state index in [4.69, 9.17) is 12.2 Å². The van der Waals surface area contributed by atoms with E-state index in [1.54, 1.807) is 17.1 Å². The lowest BCUT2D eigenvalue weighted by Gasteiger charge is -2.19. The summed E-state index contributed by atoms with van der Waals surface area (Å²) >= 11 is 5.27. The van der Waals surface area contributed by atoms with Crippen molar-refractivity contribution in [2.45, 2.75) is 38.0 Å². The molecule has 0 bridgehead atoms. The van der Waals surface area contributed by atoms with Crippen molar-refractivity contribution < 1.29 is 0 Å². The molecule has 1 saturated carbocycles. The summed E-state index contributed by atoms with van der Waals surface area (Å²) < 4.78 is 2.28. The number of H-pyrrole nitrogens is 1. The Morgan fingerprint density at radius 2 is 2.15 bits per heavy atom. The van der Waals surface area contributed by atoms with E-state index in [1.807, 2.05) is 18.2 Å². The molecule has 104 valence electrons. The van der Waals surface area contributed by atoms with E-state index in [0.29, 0.717) is 10.7 Å². The topological polar surface area (TPSA) is 58.9 Å². The van der Waals surface area contributed by atoms with Crippen LogP contribution in [-0.2, 0) is 0 Å². The summed E-state index contributed by atoms with van der Waals surface area (Å²) in [6.45, 7) is 0. The van der Waals surface area contributed by atoms with Crippen molar-refractivity contribution in [1.82, 2.24) is 19.9 Å². The largest absolute Gasteiger partial charge is 0.255 e. The highest BCUT2D eigenvalue weighted by Gasteiger charge is 2.21. The molecule has 0 spiro atoms. The maximum absolute atomic E-state index is 5.27. The molecule has 0 saturated heterocycles. The number of nitrogens with zero attached hydrogens (tertiary/aromatic N) is 4. The minimum atomic E-state index is 0.456. The third kappa shape index (κ3) is 2.85. The molecule has 5 nitrogen and oxygen atoms in total. The summed E-state index contributed by atoms with van der Waals surface area (Å²) in [7, 11) is 0. The lowest BCUT2D eigenvalue weighted by Crippen LogP contribution is -2.10. The standard InChI is InChI=1S/C14H17N5S/c20-14-18-17-13(11-6-2-1-3-7-11)19(14)16-10-12-8-4-5-9-15-12/h4-5,8-11H,1-3,6-7H2,(H,18,20). The average molecular weight is 287 g/mol. The highest BCUT2D eigenvalue weighted by Crippen LogP contribution is 2.31. The van der Waals surface area contributed by atoms with Crippen molar-refractivity contribution in [3.63, 3.8) is 0 Å². The van der Waals surface area contributed by atoms with Crippen LogP contribution in [0.1, 0.15) is 49.5 Å².